The van der Waals surface area contributed by atoms with E-state index >= 15 is 0 Å². The SMILES string of the molecule is CCc1ccc(CNC(C)C)cc1-c1ccc(O)c2c1CC1CC3C(N(C)C)C(O)=C(C(N)=O)C(=O)C3(O)C(O)=C1C2=O. The number of likely N-dealkylation sites (N-methyl/N-ethyl adjacent to an activating group) is 1. The van der Waals surface area contributed by atoms with Gasteiger partial charge in [-0.1, -0.05) is 39.0 Å². The summed E-state index contributed by atoms with van der Waals surface area (Å²) in [4.78, 5) is 41.3. The highest BCUT2D eigenvalue weighted by molar-refractivity contribution is 6.24. The Hall–Kier alpha value is -3.99. The highest BCUT2D eigenvalue weighted by Crippen LogP contribution is 2.53. The molecule has 228 valence electrons. The van der Waals surface area contributed by atoms with E-state index in [1.54, 1.807) is 25.1 Å². The first-order valence-corrected chi connectivity index (χ1v) is 14.6. The van der Waals surface area contributed by atoms with E-state index in [-0.39, 0.29) is 29.7 Å². The van der Waals surface area contributed by atoms with Crippen LogP contribution in [0.15, 0.2) is 53.0 Å². The summed E-state index contributed by atoms with van der Waals surface area (Å²) in [6.45, 7) is 6.84. The van der Waals surface area contributed by atoms with Gasteiger partial charge in [-0.05, 0) is 79.2 Å². The van der Waals surface area contributed by atoms with E-state index in [9.17, 15) is 34.8 Å². The maximum absolute atomic E-state index is 14.1. The normalized spacial score (nSPS) is 25.3. The third-order valence-corrected chi connectivity index (χ3v) is 9.17. The summed E-state index contributed by atoms with van der Waals surface area (Å²) in [6, 6.07) is 8.72. The quantitative estimate of drug-likeness (QED) is 0.266. The molecule has 0 saturated heterocycles. The van der Waals surface area contributed by atoms with Gasteiger partial charge >= 0.3 is 0 Å². The van der Waals surface area contributed by atoms with E-state index in [0.717, 1.165) is 28.7 Å². The average molecular weight is 590 g/mol. The first kappa shape index (κ1) is 30.5. The molecule has 1 amide bonds. The van der Waals surface area contributed by atoms with E-state index in [4.69, 9.17) is 5.73 Å². The van der Waals surface area contributed by atoms with Crippen molar-refractivity contribution in [3.05, 3.63) is 75.3 Å². The molecule has 0 spiro atoms. The van der Waals surface area contributed by atoms with Crippen molar-refractivity contribution in [2.24, 2.45) is 17.6 Å². The van der Waals surface area contributed by atoms with Crippen LogP contribution >= 0.6 is 0 Å². The van der Waals surface area contributed by atoms with Crippen LogP contribution in [-0.2, 0) is 29.0 Å². The molecule has 0 bridgehead atoms. The minimum absolute atomic E-state index is 0.00560. The number of nitrogens with two attached hydrogens (primary N) is 1. The number of phenolic OH excluding ortho intramolecular Hbond substituents is 1. The number of nitrogens with zero attached hydrogens (tertiary/aromatic N) is 1. The fraction of sp³-hybridized carbons (Fsp3) is 0.424. The molecule has 4 atom stereocenters. The summed E-state index contributed by atoms with van der Waals surface area (Å²) >= 11 is 0. The summed E-state index contributed by atoms with van der Waals surface area (Å²) in [7, 11) is 3.22. The number of aryl methyl sites for hydroxylation is 1. The molecule has 2 aromatic rings. The standard InChI is InChI=1S/C33H39N3O7/c1-6-17-8-7-16(14-35-15(2)3)11-20(17)19-9-10-23(37)25-21(19)12-18-13-22-27(36(4)5)29(39)26(32(34)42)31(41)33(22,43)30(40)24(18)28(25)38/h7-11,15,18,22,27,35,37,39-40,43H,6,12-14H2,1-5H3,(H2,34,42). The molecule has 0 radical (unpaired) electrons. The summed E-state index contributed by atoms with van der Waals surface area (Å²) in [6.07, 6.45) is 1.01. The van der Waals surface area contributed by atoms with Crippen LogP contribution in [0.4, 0.5) is 0 Å². The van der Waals surface area contributed by atoms with E-state index in [1.807, 2.05) is 6.92 Å². The van der Waals surface area contributed by atoms with Crippen LogP contribution in [-0.4, -0.2) is 74.6 Å². The first-order valence-electron chi connectivity index (χ1n) is 14.6. The van der Waals surface area contributed by atoms with Gasteiger partial charge in [-0.25, -0.2) is 0 Å². The van der Waals surface area contributed by atoms with Crippen LogP contribution in [0.3, 0.4) is 0 Å². The number of aliphatic hydroxyl groups is 3. The number of aromatic hydroxyl groups is 1. The third kappa shape index (κ3) is 4.64. The number of carbonyl (C=O) groups is 3. The fourth-order valence-electron chi connectivity index (χ4n) is 7.12. The summed E-state index contributed by atoms with van der Waals surface area (Å²) in [5.41, 5.74) is 6.22. The molecule has 0 aliphatic heterocycles. The van der Waals surface area contributed by atoms with Crippen LogP contribution < -0.4 is 11.1 Å². The lowest BCUT2D eigenvalue weighted by Crippen LogP contribution is -2.63. The third-order valence-electron chi connectivity index (χ3n) is 9.17. The van der Waals surface area contributed by atoms with Gasteiger partial charge in [0.05, 0.1) is 11.6 Å². The molecule has 0 aromatic heterocycles. The zero-order valence-electron chi connectivity index (χ0n) is 25.1. The molecule has 0 fully saturated rings. The largest absolute Gasteiger partial charge is 0.510 e. The number of amides is 1. The van der Waals surface area contributed by atoms with E-state index < -0.39 is 58.0 Å². The minimum atomic E-state index is -2.66. The maximum atomic E-state index is 14.1. The number of rotatable bonds is 7. The van der Waals surface area contributed by atoms with E-state index in [0.29, 0.717) is 18.2 Å². The monoisotopic (exact) mass is 589 g/mol. The van der Waals surface area contributed by atoms with Gasteiger partial charge in [0.2, 0.25) is 5.78 Å². The van der Waals surface area contributed by atoms with Gasteiger partial charge in [-0.15, -0.1) is 0 Å². The van der Waals surface area contributed by atoms with Crippen molar-refractivity contribution in [3.8, 4) is 16.9 Å². The first-order chi connectivity index (χ1) is 20.2. The Labute approximate surface area is 250 Å². The molecule has 0 saturated carbocycles. The van der Waals surface area contributed by atoms with Crippen molar-refractivity contribution in [3.63, 3.8) is 0 Å². The number of primary amides is 1. The van der Waals surface area contributed by atoms with Gasteiger partial charge in [0.25, 0.3) is 5.91 Å². The van der Waals surface area contributed by atoms with Gasteiger partial charge in [0.15, 0.2) is 11.4 Å². The number of carbonyl (C=O) groups excluding carboxylic acids is 3. The molecule has 4 unspecified atom stereocenters. The molecule has 2 aromatic carbocycles. The number of benzene rings is 2. The molecule has 10 nitrogen and oxygen atoms in total. The Kier molecular flexibility index (Phi) is 7.75. The van der Waals surface area contributed by atoms with Crippen LogP contribution in [0.2, 0.25) is 0 Å². The number of phenols is 1. The van der Waals surface area contributed by atoms with Crippen molar-refractivity contribution in [2.75, 3.05) is 14.1 Å². The van der Waals surface area contributed by atoms with Crippen molar-refractivity contribution < 1.29 is 34.8 Å². The molecule has 3 aliphatic carbocycles. The van der Waals surface area contributed by atoms with E-state index in [2.05, 4.69) is 37.4 Å². The number of hydrogen-bond acceptors (Lipinski definition) is 9. The van der Waals surface area contributed by atoms with Gasteiger partial charge in [-0.2, -0.15) is 0 Å². The summed E-state index contributed by atoms with van der Waals surface area (Å²) in [5.74, 6) is -6.63. The number of ketones is 2. The maximum Gasteiger partial charge on any atom is 0.255 e. The van der Waals surface area contributed by atoms with E-state index in [1.165, 1.54) is 6.07 Å². The fourth-order valence-corrected chi connectivity index (χ4v) is 7.12. The Morgan fingerprint density at radius 3 is 2.42 bits per heavy atom. The summed E-state index contributed by atoms with van der Waals surface area (Å²) in [5, 5.41) is 48.7. The molecule has 10 heteroatoms. The van der Waals surface area contributed by atoms with Crippen LogP contribution in [0.1, 0.15) is 54.2 Å². The van der Waals surface area contributed by atoms with Gasteiger partial charge in [0, 0.05) is 24.1 Å². The highest BCUT2D eigenvalue weighted by atomic mass is 16.3. The zero-order valence-corrected chi connectivity index (χ0v) is 25.1. The van der Waals surface area contributed by atoms with Crippen LogP contribution in [0.25, 0.3) is 11.1 Å². The number of aliphatic hydroxyl groups excluding tert-OH is 2. The van der Waals surface area contributed by atoms with Crippen molar-refractivity contribution >= 4 is 17.5 Å². The number of Topliss-reactive ketones (excluding diaryl/α,β-unsaturated/α-hetero) is 2. The van der Waals surface area contributed by atoms with Crippen molar-refractivity contribution in [1.82, 2.24) is 10.2 Å². The lowest BCUT2D eigenvalue weighted by atomic mass is 9.58. The molecular weight excluding hydrogens is 550 g/mol. The average Bonchev–Trinajstić information content (AvgIpc) is 2.93. The Morgan fingerprint density at radius 1 is 1.12 bits per heavy atom. The molecule has 43 heavy (non-hydrogen) atoms. The van der Waals surface area contributed by atoms with Crippen LogP contribution in [0.5, 0.6) is 5.75 Å². The molecule has 7 N–H and O–H groups in total. The zero-order chi connectivity index (χ0) is 31.5. The Bertz CT molecular complexity index is 1610. The Balaban J connectivity index is 1.69. The Morgan fingerprint density at radius 2 is 1.81 bits per heavy atom. The second kappa shape index (κ2) is 10.9. The topological polar surface area (TPSA) is 173 Å². The molecule has 3 aliphatic rings. The number of fused-ring (bicyclic) bond motifs is 3. The van der Waals surface area contributed by atoms with Crippen molar-refractivity contribution in [1.29, 1.82) is 0 Å². The van der Waals surface area contributed by atoms with Gasteiger partial charge in [0.1, 0.15) is 22.8 Å². The number of nitrogens with one attached hydrogen (secondary N) is 1. The number of hydrogen-bond donors (Lipinski definition) is 6. The number of allylic oxidation sites excluding steroid dienone is 1. The predicted molar refractivity (Wildman–Crippen MR) is 160 cm³/mol. The van der Waals surface area contributed by atoms with Gasteiger partial charge < -0.3 is 31.5 Å². The summed E-state index contributed by atoms with van der Waals surface area (Å²) < 4.78 is 0. The predicted octanol–water partition coefficient (Wildman–Crippen LogP) is 2.85. The second-order valence-corrected chi connectivity index (χ2v) is 12.3. The van der Waals surface area contributed by atoms with Gasteiger partial charge in [-0.3, -0.25) is 19.3 Å². The second-order valence-electron chi connectivity index (χ2n) is 12.3. The smallest absolute Gasteiger partial charge is 0.255 e. The lowest BCUT2D eigenvalue weighted by Gasteiger charge is -2.50. The van der Waals surface area contributed by atoms with Crippen LogP contribution in [0, 0.1) is 11.8 Å². The molecular formula is C33H39N3O7. The lowest BCUT2D eigenvalue weighted by molar-refractivity contribution is -0.148. The molecule has 0 heterocycles. The highest BCUT2D eigenvalue weighted by Gasteiger charge is 2.63. The van der Waals surface area contributed by atoms with Crippen molar-refractivity contribution in [2.45, 2.75) is 64.3 Å². The minimum Gasteiger partial charge on any atom is -0.510 e. The molecule has 5 rings (SSSR count).